The van der Waals surface area contributed by atoms with Crippen LogP contribution in [0.15, 0.2) is 30.3 Å². The Morgan fingerprint density at radius 2 is 2.05 bits per heavy atom. The second kappa shape index (κ2) is 7.57. The summed E-state index contributed by atoms with van der Waals surface area (Å²) in [5.41, 5.74) is 1.92. The van der Waals surface area contributed by atoms with Crippen LogP contribution in [-0.4, -0.2) is 13.6 Å². The molecule has 0 unspecified atom stereocenters. The summed E-state index contributed by atoms with van der Waals surface area (Å²) in [6.45, 7) is 7.00. The molecule has 1 N–H and O–H groups in total. The van der Waals surface area contributed by atoms with Crippen LogP contribution in [0.5, 0.6) is 0 Å². The first kappa shape index (κ1) is 16.0. The molecule has 0 atom stereocenters. The maximum Gasteiger partial charge on any atom is 0.146 e. The van der Waals surface area contributed by atoms with Crippen LogP contribution in [0, 0.1) is 12.7 Å². The van der Waals surface area contributed by atoms with Crippen LogP contribution in [0.3, 0.4) is 0 Å². The van der Waals surface area contributed by atoms with Crippen molar-refractivity contribution in [3.05, 3.63) is 51.5 Å². The minimum atomic E-state index is -0.169. The van der Waals surface area contributed by atoms with Crippen molar-refractivity contribution in [3.63, 3.8) is 0 Å². The molecule has 2 aromatic rings. The van der Waals surface area contributed by atoms with Gasteiger partial charge in [0.25, 0.3) is 0 Å². The van der Waals surface area contributed by atoms with Crippen LogP contribution >= 0.6 is 11.3 Å². The molecule has 0 aliphatic rings. The van der Waals surface area contributed by atoms with Gasteiger partial charge in [0.1, 0.15) is 5.82 Å². The molecule has 0 bridgehead atoms. The summed E-state index contributed by atoms with van der Waals surface area (Å²) in [5.74, 6) is -0.169. The van der Waals surface area contributed by atoms with E-state index in [9.17, 15) is 4.39 Å². The summed E-state index contributed by atoms with van der Waals surface area (Å²) < 4.78 is 13.8. The molecule has 0 aliphatic heterocycles. The van der Waals surface area contributed by atoms with Crippen molar-refractivity contribution in [2.75, 3.05) is 18.5 Å². The lowest BCUT2D eigenvalue weighted by Gasteiger charge is -2.19. The number of thiophene rings is 1. The fraction of sp³-hybridized carbons (Fsp3) is 0.412. The molecule has 21 heavy (non-hydrogen) atoms. The smallest absolute Gasteiger partial charge is 0.146 e. The van der Waals surface area contributed by atoms with Crippen LogP contribution in [0.1, 0.15) is 28.7 Å². The normalized spacial score (nSPS) is 10.9. The first-order valence-corrected chi connectivity index (χ1v) is 8.18. The van der Waals surface area contributed by atoms with Crippen molar-refractivity contribution < 1.29 is 4.39 Å². The lowest BCUT2D eigenvalue weighted by atomic mass is 10.2. The Bertz CT molecular complexity index is 580. The zero-order chi connectivity index (χ0) is 15.2. The summed E-state index contributed by atoms with van der Waals surface area (Å²) in [4.78, 5) is 4.62. The second-order valence-corrected chi connectivity index (χ2v) is 6.62. The number of nitrogens with zero attached hydrogens (tertiary/aromatic N) is 1. The second-order valence-electron chi connectivity index (χ2n) is 5.28. The first-order valence-electron chi connectivity index (χ1n) is 7.36. The largest absolute Gasteiger partial charge is 0.368 e. The van der Waals surface area contributed by atoms with Gasteiger partial charge < -0.3 is 10.2 Å². The molecule has 2 rings (SSSR count). The van der Waals surface area contributed by atoms with E-state index in [1.165, 1.54) is 21.4 Å². The van der Waals surface area contributed by atoms with Gasteiger partial charge >= 0.3 is 0 Å². The van der Waals surface area contributed by atoms with E-state index in [1.54, 1.807) is 6.07 Å². The predicted octanol–water partition coefficient (Wildman–Crippen LogP) is 4.33. The van der Waals surface area contributed by atoms with Gasteiger partial charge in [-0.2, -0.15) is 0 Å². The minimum absolute atomic E-state index is 0.169. The third-order valence-electron chi connectivity index (χ3n) is 3.47. The summed E-state index contributed by atoms with van der Waals surface area (Å²) in [6.07, 6.45) is 1.15. The number of hydrogen-bond donors (Lipinski definition) is 1. The standard InChI is InChI=1S/C17H23FN2S/c1-4-9-19-11-15-10-14(13(2)21-15)12-20(3)17-8-6-5-7-16(17)18/h5-8,10,19H,4,9,11-12H2,1-3H3. The molecule has 0 amide bonds. The van der Waals surface area contributed by atoms with Crippen LogP contribution in [0.4, 0.5) is 10.1 Å². The average Bonchev–Trinajstić information content (AvgIpc) is 2.80. The fourth-order valence-corrected chi connectivity index (χ4v) is 3.35. The van der Waals surface area contributed by atoms with Crippen LogP contribution < -0.4 is 10.2 Å². The van der Waals surface area contributed by atoms with Crippen molar-refractivity contribution in [1.82, 2.24) is 5.32 Å². The van der Waals surface area contributed by atoms with Crippen molar-refractivity contribution in [2.45, 2.75) is 33.4 Å². The van der Waals surface area contributed by atoms with E-state index in [1.807, 2.05) is 35.4 Å². The SMILES string of the molecule is CCCNCc1cc(CN(C)c2ccccc2F)c(C)s1. The molecular weight excluding hydrogens is 283 g/mol. The van der Waals surface area contributed by atoms with Gasteiger partial charge in [-0.15, -0.1) is 11.3 Å². The van der Waals surface area contributed by atoms with Gasteiger partial charge in [0.15, 0.2) is 0 Å². The highest BCUT2D eigenvalue weighted by Gasteiger charge is 2.11. The highest BCUT2D eigenvalue weighted by Crippen LogP contribution is 2.25. The summed E-state index contributed by atoms with van der Waals surface area (Å²) in [5, 5.41) is 3.42. The topological polar surface area (TPSA) is 15.3 Å². The molecule has 2 nitrogen and oxygen atoms in total. The van der Waals surface area contributed by atoms with Crippen molar-refractivity contribution >= 4 is 17.0 Å². The molecule has 0 spiro atoms. The molecular formula is C17H23FN2S. The van der Waals surface area contributed by atoms with Gasteiger partial charge in [-0.05, 0) is 43.7 Å². The van der Waals surface area contributed by atoms with Crippen molar-refractivity contribution in [3.8, 4) is 0 Å². The zero-order valence-electron chi connectivity index (χ0n) is 12.9. The van der Waals surface area contributed by atoms with E-state index in [0.29, 0.717) is 5.69 Å². The average molecular weight is 306 g/mol. The maximum absolute atomic E-state index is 13.8. The molecule has 0 saturated heterocycles. The number of benzene rings is 1. The lowest BCUT2D eigenvalue weighted by Crippen LogP contribution is -2.17. The van der Waals surface area contributed by atoms with E-state index in [2.05, 4.69) is 25.2 Å². The molecule has 1 aromatic heterocycles. The van der Waals surface area contributed by atoms with Gasteiger partial charge in [0.05, 0.1) is 5.69 Å². The van der Waals surface area contributed by atoms with Crippen LogP contribution in [0.25, 0.3) is 0 Å². The van der Waals surface area contributed by atoms with Crippen molar-refractivity contribution in [2.24, 2.45) is 0 Å². The molecule has 0 fully saturated rings. The number of nitrogens with one attached hydrogen (secondary N) is 1. The molecule has 0 radical (unpaired) electrons. The number of para-hydroxylation sites is 1. The molecule has 1 heterocycles. The Kier molecular flexibility index (Phi) is 5.76. The van der Waals surface area contributed by atoms with E-state index < -0.39 is 0 Å². The molecule has 0 saturated carbocycles. The summed E-state index contributed by atoms with van der Waals surface area (Å²) >= 11 is 1.82. The van der Waals surface area contributed by atoms with Crippen molar-refractivity contribution in [1.29, 1.82) is 0 Å². The Hall–Kier alpha value is -1.39. The maximum atomic E-state index is 13.8. The first-order chi connectivity index (χ1) is 10.1. The van der Waals surface area contributed by atoms with Gasteiger partial charge in [-0.25, -0.2) is 4.39 Å². The van der Waals surface area contributed by atoms with Gasteiger partial charge in [-0.3, -0.25) is 0 Å². The Labute approximate surface area is 130 Å². The number of aryl methyl sites for hydroxylation is 1. The summed E-state index contributed by atoms with van der Waals surface area (Å²) in [7, 11) is 1.94. The quantitative estimate of drug-likeness (QED) is 0.766. The van der Waals surface area contributed by atoms with E-state index in [-0.39, 0.29) is 5.82 Å². The van der Waals surface area contributed by atoms with Crippen LogP contribution in [0.2, 0.25) is 0 Å². The number of halogens is 1. The molecule has 0 aliphatic carbocycles. The van der Waals surface area contributed by atoms with Crippen LogP contribution in [-0.2, 0) is 13.1 Å². The zero-order valence-corrected chi connectivity index (χ0v) is 13.8. The highest BCUT2D eigenvalue weighted by atomic mass is 32.1. The monoisotopic (exact) mass is 306 g/mol. The number of hydrogen-bond acceptors (Lipinski definition) is 3. The Morgan fingerprint density at radius 3 is 2.76 bits per heavy atom. The fourth-order valence-electron chi connectivity index (χ4n) is 2.32. The highest BCUT2D eigenvalue weighted by molar-refractivity contribution is 7.12. The minimum Gasteiger partial charge on any atom is -0.368 e. The number of anilines is 1. The summed E-state index contributed by atoms with van der Waals surface area (Å²) in [6, 6.07) is 9.16. The third-order valence-corrected chi connectivity index (χ3v) is 4.56. The van der Waals surface area contributed by atoms with Gasteiger partial charge in [0, 0.05) is 29.9 Å². The lowest BCUT2D eigenvalue weighted by molar-refractivity contribution is 0.622. The number of rotatable bonds is 7. The molecule has 4 heteroatoms. The molecule has 114 valence electrons. The molecule has 1 aromatic carbocycles. The van der Waals surface area contributed by atoms with Gasteiger partial charge in [-0.1, -0.05) is 19.1 Å². The van der Waals surface area contributed by atoms with E-state index in [0.717, 1.165) is 26.1 Å². The Morgan fingerprint density at radius 1 is 1.29 bits per heavy atom. The van der Waals surface area contributed by atoms with E-state index in [4.69, 9.17) is 0 Å². The van der Waals surface area contributed by atoms with E-state index >= 15 is 0 Å². The van der Waals surface area contributed by atoms with Gasteiger partial charge in [0.2, 0.25) is 0 Å². The third kappa shape index (κ3) is 4.29. The Balaban J connectivity index is 2.04. The predicted molar refractivity (Wildman–Crippen MR) is 89.6 cm³/mol.